The number of hydrogen-bond donors (Lipinski definition) is 0. The lowest BCUT2D eigenvalue weighted by atomic mass is 10.1. The highest BCUT2D eigenvalue weighted by atomic mass is 35.5. The molecule has 1 aliphatic heterocycles. The van der Waals surface area contributed by atoms with Crippen molar-refractivity contribution in [1.29, 1.82) is 0 Å². The van der Waals surface area contributed by atoms with Gasteiger partial charge in [-0.15, -0.1) is 0 Å². The van der Waals surface area contributed by atoms with Gasteiger partial charge in [-0.1, -0.05) is 30.7 Å². The van der Waals surface area contributed by atoms with Crippen LogP contribution in [-0.4, -0.2) is 31.8 Å². The van der Waals surface area contributed by atoms with E-state index in [2.05, 4.69) is 11.8 Å². The second-order valence-corrected chi connectivity index (χ2v) is 9.13. The molecule has 0 bridgehead atoms. The Labute approximate surface area is 201 Å². The number of ether oxygens (including phenoxy) is 1. The zero-order valence-electron chi connectivity index (χ0n) is 19.4. The third kappa shape index (κ3) is 3.77. The number of imidazole rings is 1. The van der Waals surface area contributed by atoms with Crippen molar-refractivity contribution < 1.29 is 4.74 Å². The predicted octanol–water partition coefficient (Wildman–Crippen LogP) is 3.78. The second kappa shape index (κ2) is 8.68. The van der Waals surface area contributed by atoms with Gasteiger partial charge >= 0.3 is 5.69 Å². The van der Waals surface area contributed by atoms with E-state index >= 15 is 0 Å². The summed E-state index contributed by atoms with van der Waals surface area (Å²) < 4.78 is 10.2. The Morgan fingerprint density at radius 3 is 2.44 bits per heavy atom. The number of anilines is 2. The minimum atomic E-state index is -0.399. The molecular weight excluding hydrogens is 454 g/mol. The summed E-state index contributed by atoms with van der Waals surface area (Å²) in [6.45, 7) is 6.26. The summed E-state index contributed by atoms with van der Waals surface area (Å²) in [5, 5.41) is 0.604. The van der Waals surface area contributed by atoms with Gasteiger partial charge in [-0.2, -0.15) is 4.98 Å². The second-order valence-electron chi connectivity index (χ2n) is 8.70. The van der Waals surface area contributed by atoms with Crippen LogP contribution in [0.25, 0.3) is 11.2 Å². The molecule has 0 unspecified atom stereocenters. The molecule has 2 aromatic carbocycles. The minimum Gasteiger partial charge on any atom is -0.494 e. The zero-order chi connectivity index (χ0) is 24.0. The van der Waals surface area contributed by atoms with Crippen molar-refractivity contribution in [2.24, 2.45) is 13.0 Å². The molecule has 176 valence electrons. The highest BCUT2D eigenvalue weighted by molar-refractivity contribution is 6.30. The van der Waals surface area contributed by atoms with Crippen molar-refractivity contribution in [2.75, 3.05) is 18.1 Å². The number of aryl methyl sites for hydroxylation is 1. The quantitative estimate of drug-likeness (QED) is 0.435. The van der Waals surface area contributed by atoms with E-state index in [1.807, 2.05) is 47.9 Å². The molecule has 4 aromatic rings. The molecule has 5 rings (SSSR count). The molecule has 0 fully saturated rings. The monoisotopic (exact) mass is 479 g/mol. The van der Waals surface area contributed by atoms with Gasteiger partial charge in [-0.3, -0.25) is 13.9 Å². The number of fused-ring (bicyclic) bond motifs is 3. The van der Waals surface area contributed by atoms with Gasteiger partial charge in [0, 0.05) is 30.8 Å². The maximum absolute atomic E-state index is 13.6. The molecule has 0 saturated heterocycles. The number of nitrogens with zero attached hydrogens (tertiary/aromatic N) is 5. The molecule has 34 heavy (non-hydrogen) atoms. The van der Waals surface area contributed by atoms with E-state index in [1.165, 1.54) is 9.13 Å². The molecule has 8 nitrogen and oxygen atoms in total. The number of aromatic nitrogens is 4. The molecule has 1 aliphatic rings. The van der Waals surface area contributed by atoms with E-state index in [0.717, 1.165) is 23.5 Å². The molecule has 0 aliphatic carbocycles. The van der Waals surface area contributed by atoms with Gasteiger partial charge < -0.3 is 14.2 Å². The number of hydrogen-bond acceptors (Lipinski definition) is 5. The Balaban J connectivity index is 1.65. The third-order valence-corrected chi connectivity index (χ3v) is 6.41. The topological polar surface area (TPSA) is 74.3 Å². The average molecular weight is 480 g/mol. The van der Waals surface area contributed by atoms with Gasteiger partial charge in [0.15, 0.2) is 11.2 Å². The van der Waals surface area contributed by atoms with Crippen LogP contribution in [0.1, 0.15) is 19.4 Å². The average Bonchev–Trinajstić information content (AvgIpc) is 3.21. The Bertz CT molecular complexity index is 1470. The molecule has 0 N–H and O–H groups in total. The lowest BCUT2D eigenvalue weighted by molar-refractivity contribution is 0.340. The Kier molecular flexibility index (Phi) is 5.69. The normalized spacial score (nSPS) is 15.5. The smallest absolute Gasteiger partial charge is 0.332 e. The summed E-state index contributed by atoms with van der Waals surface area (Å²) in [7, 11) is 1.66. The highest BCUT2D eigenvalue weighted by Gasteiger charge is 2.29. The largest absolute Gasteiger partial charge is 0.494 e. The Morgan fingerprint density at radius 1 is 1.06 bits per heavy atom. The van der Waals surface area contributed by atoms with E-state index in [-0.39, 0.29) is 18.0 Å². The van der Waals surface area contributed by atoms with E-state index in [0.29, 0.717) is 35.3 Å². The summed E-state index contributed by atoms with van der Waals surface area (Å²) in [5.74, 6) is 1.74. The van der Waals surface area contributed by atoms with Crippen LogP contribution >= 0.6 is 11.6 Å². The van der Waals surface area contributed by atoms with Crippen LogP contribution in [0.15, 0.2) is 58.1 Å². The fourth-order valence-corrected chi connectivity index (χ4v) is 4.65. The van der Waals surface area contributed by atoms with Crippen LogP contribution in [0.5, 0.6) is 5.75 Å². The first kappa shape index (κ1) is 22.3. The van der Waals surface area contributed by atoms with Crippen molar-refractivity contribution in [1.82, 2.24) is 18.7 Å². The first-order valence-electron chi connectivity index (χ1n) is 11.3. The van der Waals surface area contributed by atoms with Crippen LogP contribution in [-0.2, 0) is 20.1 Å². The number of benzene rings is 2. The minimum absolute atomic E-state index is 0.164. The molecule has 9 heteroatoms. The van der Waals surface area contributed by atoms with Crippen LogP contribution in [0.2, 0.25) is 5.02 Å². The summed E-state index contributed by atoms with van der Waals surface area (Å²) >= 11 is 5.99. The predicted molar refractivity (Wildman–Crippen MR) is 134 cm³/mol. The van der Waals surface area contributed by atoms with Crippen LogP contribution in [0, 0.1) is 5.92 Å². The van der Waals surface area contributed by atoms with Gasteiger partial charge in [0.05, 0.1) is 13.2 Å². The molecular formula is C25H26ClN5O3. The van der Waals surface area contributed by atoms with Crippen LogP contribution in [0.4, 0.5) is 11.6 Å². The summed E-state index contributed by atoms with van der Waals surface area (Å²) in [4.78, 5) is 33.6. The zero-order valence-corrected chi connectivity index (χ0v) is 20.1. The van der Waals surface area contributed by atoms with Crippen LogP contribution < -0.4 is 20.9 Å². The lowest BCUT2D eigenvalue weighted by Gasteiger charge is -2.33. The van der Waals surface area contributed by atoms with Gasteiger partial charge in [-0.25, -0.2) is 4.79 Å². The first-order chi connectivity index (χ1) is 16.4. The molecule has 1 atom stereocenters. The molecule has 2 aromatic heterocycles. The van der Waals surface area contributed by atoms with Crippen molar-refractivity contribution in [3.05, 3.63) is 80.0 Å². The van der Waals surface area contributed by atoms with E-state index < -0.39 is 5.69 Å². The van der Waals surface area contributed by atoms with Gasteiger partial charge in [0.25, 0.3) is 5.56 Å². The fourth-order valence-electron chi connectivity index (χ4n) is 4.52. The van der Waals surface area contributed by atoms with E-state index in [1.54, 1.807) is 19.2 Å². The summed E-state index contributed by atoms with van der Waals surface area (Å²) in [5.41, 5.74) is 1.87. The van der Waals surface area contributed by atoms with E-state index in [4.69, 9.17) is 21.3 Å². The van der Waals surface area contributed by atoms with Crippen LogP contribution in [0.3, 0.4) is 0 Å². The SMILES string of the molecule is CCOc1ccc(N2C[C@H](C)Cn3c2nc2c3c(=O)n(Cc3ccc(Cl)cc3)c(=O)n2C)cc1. The van der Waals surface area contributed by atoms with E-state index in [9.17, 15) is 9.59 Å². The fraction of sp³-hybridized carbons (Fsp3) is 0.320. The molecule has 0 saturated carbocycles. The van der Waals surface area contributed by atoms with Gasteiger partial charge in [-0.05, 0) is 54.8 Å². The lowest BCUT2D eigenvalue weighted by Crippen LogP contribution is -2.40. The van der Waals surface area contributed by atoms with Gasteiger partial charge in [0.2, 0.25) is 5.95 Å². The molecule has 3 heterocycles. The Morgan fingerprint density at radius 2 is 1.76 bits per heavy atom. The van der Waals surface area contributed by atoms with Crippen molar-refractivity contribution in [3.63, 3.8) is 0 Å². The first-order valence-corrected chi connectivity index (χ1v) is 11.7. The molecule has 0 spiro atoms. The van der Waals surface area contributed by atoms with Crippen molar-refractivity contribution in [2.45, 2.75) is 26.9 Å². The van der Waals surface area contributed by atoms with Gasteiger partial charge in [0.1, 0.15) is 5.75 Å². The molecule has 0 amide bonds. The highest BCUT2D eigenvalue weighted by Crippen LogP contribution is 2.33. The maximum Gasteiger partial charge on any atom is 0.332 e. The number of rotatable bonds is 5. The van der Waals surface area contributed by atoms with Crippen molar-refractivity contribution in [3.8, 4) is 5.75 Å². The number of halogens is 1. The van der Waals surface area contributed by atoms with Crippen molar-refractivity contribution >= 4 is 34.4 Å². The molecule has 0 radical (unpaired) electrons. The standard InChI is InChI=1S/C25H26ClN5O3/c1-4-34-20-11-9-19(10-12-20)29-13-16(2)14-30-21-22(27-24(29)30)28(3)25(33)31(23(21)32)15-17-5-7-18(26)8-6-17/h5-12,16H,4,13-15H2,1-3H3/t16-/m0/s1. The summed E-state index contributed by atoms with van der Waals surface area (Å²) in [6.07, 6.45) is 0. The third-order valence-electron chi connectivity index (χ3n) is 6.16. The summed E-state index contributed by atoms with van der Waals surface area (Å²) in [6, 6.07) is 15.0. The maximum atomic E-state index is 13.6. The Hall–Kier alpha value is -3.52.